The van der Waals surface area contributed by atoms with Gasteiger partial charge in [-0.05, 0) is 24.3 Å². The van der Waals surface area contributed by atoms with E-state index in [1.807, 2.05) is 0 Å². The summed E-state index contributed by atoms with van der Waals surface area (Å²) in [5.74, 6) is 0.335. The minimum absolute atomic E-state index is 0.0738. The molecule has 2 aromatic carbocycles. The number of rotatable bonds is 6. The van der Waals surface area contributed by atoms with Gasteiger partial charge in [0.25, 0.3) is 0 Å². The average Bonchev–Trinajstić information content (AvgIpc) is 2.70. The van der Waals surface area contributed by atoms with E-state index in [0.29, 0.717) is 17.1 Å². The van der Waals surface area contributed by atoms with Crippen molar-refractivity contribution in [2.45, 2.75) is 6.61 Å². The minimum Gasteiger partial charge on any atom is -0.493 e. The molecule has 0 unspecified atom stereocenters. The normalized spacial score (nSPS) is 15.1. The Morgan fingerprint density at radius 3 is 2.83 bits per heavy atom. The van der Waals surface area contributed by atoms with Crippen molar-refractivity contribution in [2.75, 3.05) is 7.11 Å². The fourth-order valence-electron chi connectivity index (χ4n) is 2.35. The van der Waals surface area contributed by atoms with Gasteiger partial charge in [-0.15, -0.1) is 10.2 Å². The smallest absolute Gasteiger partial charge is 0.365 e. The third-order valence-corrected chi connectivity index (χ3v) is 4.12. The first-order valence-corrected chi connectivity index (χ1v) is 8.63. The molecule has 0 bridgehead atoms. The number of hydrogen-bond donors (Lipinski definition) is 1. The molecular weight excluding hydrogens is 401 g/mol. The van der Waals surface area contributed by atoms with Crippen LogP contribution in [0.4, 0.5) is 9.18 Å². The maximum Gasteiger partial charge on any atom is 0.365 e. The number of benzene rings is 2. The number of amidine groups is 1. The first-order chi connectivity index (χ1) is 14.0. The van der Waals surface area contributed by atoms with Crippen molar-refractivity contribution in [3.05, 3.63) is 70.6 Å². The van der Waals surface area contributed by atoms with E-state index < -0.39 is 11.8 Å². The van der Waals surface area contributed by atoms with Crippen LogP contribution in [-0.2, 0) is 6.61 Å². The highest BCUT2D eigenvalue weighted by Gasteiger charge is 2.15. The fraction of sp³-hybridized carbons (Fsp3) is 0.105. The van der Waals surface area contributed by atoms with Crippen LogP contribution in [-0.4, -0.2) is 25.2 Å². The van der Waals surface area contributed by atoms with Gasteiger partial charge in [0.15, 0.2) is 17.3 Å². The molecule has 148 valence electrons. The zero-order chi connectivity index (χ0) is 20.8. The van der Waals surface area contributed by atoms with Gasteiger partial charge < -0.3 is 9.47 Å². The molecule has 0 atom stereocenters. The van der Waals surface area contributed by atoms with Crippen LogP contribution in [0.5, 0.6) is 11.5 Å². The molecule has 0 fully saturated rings. The zero-order valence-electron chi connectivity index (χ0n) is 15.2. The summed E-state index contributed by atoms with van der Waals surface area (Å²) >= 11 is 6.05. The van der Waals surface area contributed by atoms with Gasteiger partial charge in [-0.25, -0.2) is 9.18 Å². The van der Waals surface area contributed by atoms with E-state index >= 15 is 0 Å². The second-order valence-electron chi connectivity index (χ2n) is 5.64. The molecular formula is C19H15ClFN5O3. The number of urea groups is 1. The highest BCUT2D eigenvalue weighted by atomic mass is 35.5. The maximum absolute atomic E-state index is 14.0. The van der Waals surface area contributed by atoms with Crippen molar-refractivity contribution in [1.82, 2.24) is 5.32 Å². The summed E-state index contributed by atoms with van der Waals surface area (Å²) in [6, 6.07) is 8.84. The lowest BCUT2D eigenvalue weighted by Gasteiger charge is -2.14. The van der Waals surface area contributed by atoms with Gasteiger partial charge in [-0.3, -0.25) is 5.32 Å². The predicted molar refractivity (Wildman–Crippen MR) is 106 cm³/mol. The highest BCUT2D eigenvalue weighted by Crippen LogP contribution is 2.32. The summed E-state index contributed by atoms with van der Waals surface area (Å²) in [6.45, 7) is 3.49. The standard InChI is InChI=1S/C19H15ClFN5O3/c1-11-18(23-19(27)26-24-11)25-22-9-12-5-3-8-16(28-2)17(12)29-10-13-14(20)6-4-7-15(13)21/h3-9H,1,10H2,2H3,(H,23,25,27)/b22-9+. The molecule has 1 aliphatic heterocycles. The molecule has 10 heteroatoms. The minimum atomic E-state index is -0.668. The third-order valence-electron chi connectivity index (χ3n) is 3.77. The van der Waals surface area contributed by atoms with Crippen molar-refractivity contribution in [3.63, 3.8) is 0 Å². The molecule has 2 amide bonds. The summed E-state index contributed by atoms with van der Waals surface area (Å²) in [5.41, 5.74) is 0.892. The molecule has 1 N–H and O–H groups in total. The summed E-state index contributed by atoms with van der Waals surface area (Å²) < 4.78 is 25.1. The van der Waals surface area contributed by atoms with Crippen LogP contribution in [0.15, 0.2) is 69.1 Å². The van der Waals surface area contributed by atoms with Crippen LogP contribution in [0, 0.1) is 5.82 Å². The number of carbonyl (C=O) groups excluding carboxylic acids is 1. The van der Waals surface area contributed by atoms with E-state index in [-0.39, 0.29) is 28.7 Å². The Hall–Kier alpha value is -3.59. The number of methoxy groups -OCH3 is 1. The topological polar surface area (TPSA) is 97.0 Å². The lowest BCUT2D eigenvalue weighted by Crippen LogP contribution is -2.31. The maximum atomic E-state index is 14.0. The van der Waals surface area contributed by atoms with E-state index in [1.165, 1.54) is 25.5 Å². The summed E-state index contributed by atoms with van der Waals surface area (Å²) in [4.78, 5) is 11.2. The van der Waals surface area contributed by atoms with Crippen LogP contribution in [0.25, 0.3) is 0 Å². The van der Waals surface area contributed by atoms with Gasteiger partial charge >= 0.3 is 6.03 Å². The summed E-state index contributed by atoms with van der Waals surface area (Å²) in [7, 11) is 1.48. The van der Waals surface area contributed by atoms with Gasteiger partial charge in [0.2, 0.25) is 0 Å². The molecule has 1 heterocycles. The molecule has 0 radical (unpaired) electrons. The SMILES string of the molecule is C=C1N=NC(=O)N/C1=N/N=C/c1cccc(OC)c1OCc1c(F)cccc1Cl. The Morgan fingerprint density at radius 1 is 1.28 bits per heavy atom. The summed E-state index contributed by atoms with van der Waals surface area (Å²) in [6.07, 6.45) is 1.39. The van der Waals surface area contributed by atoms with Crippen LogP contribution in [0.3, 0.4) is 0 Å². The number of hydrogen-bond acceptors (Lipinski definition) is 6. The van der Waals surface area contributed by atoms with Crippen LogP contribution in [0.2, 0.25) is 5.02 Å². The van der Waals surface area contributed by atoms with E-state index in [2.05, 4.69) is 32.3 Å². The van der Waals surface area contributed by atoms with Crippen LogP contribution in [0.1, 0.15) is 11.1 Å². The van der Waals surface area contributed by atoms with Gasteiger partial charge in [0, 0.05) is 11.1 Å². The molecule has 1 aliphatic rings. The van der Waals surface area contributed by atoms with Crippen molar-refractivity contribution >= 4 is 29.7 Å². The molecule has 2 aromatic rings. The second-order valence-corrected chi connectivity index (χ2v) is 6.04. The molecule has 0 aromatic heterocycles. The number of nitrogens with zero attached hydrogens (tertiary/aromatic N) is 4. The van der Waals surface area contributed by atoms with E-state index in [1.54, 1.807) is 24.3 Å². The highest BCUT2D eigenvalue weighted by molar-refractivity contribution is 6.31. The number of ether oxygens (including phenoxy) is 2. The Morgan fingerprint density at radius 2 is 2.07 bits per heavy atom. The van der Waals surface area contributed by atoms with Gasteiger partial charge in [-0.1, -0.05) is 35.4 Å². The molecule has 0 saturated heterocycles. The van der Waals surface area contributed by atoms with Gasteiger partial charge in [0.1, 0.15) is 18.1 Å². The largest absolute Gasteiger partial charge is 0.493 e. The monoisotopic (exact) mass is 415 g/mol. The Kier molecular flexibility index (Phi) is 6.30. The number of azo groups is 1. The average molecular weight is 416 g/mol. The molecule has 0 saturated carbocycles. The summed E-state index contributed by atoms with van der Waals surface area (Å²) in [5, 5.41) is 17.3. The van der Waals surface area contributed by atoms with Crippen LogP contribution >= 0.6 is 11.6 Å². The van der Waals surface area contributed by atoms with Crippen molar-refractivity contribution in [3.8, 4) is 11.5 Å². The number of nitrogens with one attached hydrogen (secondary N) is 1. The van der Waals surface area contributed by atoms with E-state index in [9.17, 15) is 9.18 Å². The Balaban J connectivity index is 1.85. The fourth-order valence-corrected chi connectivity index (χ4v) is 2.56. The molecule has 8 nitrogen and oxygen atoms in total. The lowest BCUT2D eigenvalue weighted by molar-refractivity contribution is 0.251. The third kappa shape index (κ3) is 4.82. The van der Waals surface area contributed by atoms with Crippen molar-refractivity contribution in [2.24, 2.45) is 20.4 Å². The van der Waals surface area contributed by atoms with E-state index in [4.69, 9.17) is 21.1 Å². The van der Waals surface area contributed by atoms with Crippen molar-refractivity contribution < 1.29 is 18.7 Å². The first-order valence-electron chi connectivity index (χ1n) is 8.25. The lowest BCUT2D eigenvalue weighted by atomic mass is 10.2. The van der Waals surface area contributed by atoms with Crippen molar-refractivity contribution in [1.29, 1.82) is 0 Å². The number of halogens is 2. The molecule has 29 heavy (non-hydrogen) atoms. The number of carbonyl (C=O) groups is 1. The molecule has 0 aliphatic carbocycles. The quantitative estimate of drug-likeness (QED) is 0.556. The Bertz CT molecular complexity index is 1030. The number of para-hydroxylation sites is 1. The second kappa shape index (κ2) is 9.07. The van der Waals surface area contributed by atoms with Crippen LogP contribution < -0.4 is 14.8 Å². The van der Waals surface area contributed by atoms with Gasteiger partial charge in [-0.2, -0.15) is 5.10 Å². The molecule has 0 spiro atoms. The number of amides is 2. The first kappa shape index (κ1) is 20.2. The Labute approximate surface area is 170 Å². The van der Waals surface area contributed by atoms with Gasteiger partial charge in [0.05, 0.1) is 18.3 Å². The van der Waals surface area contributed by atoms with E-state index in [0.717, 1.165) is 0 Å². The molecule has 3 rings (SSSR count). The zero-order valence-corrected chi connectivity index (χ0v) is 16.0. The predicted octanol–water partition coefficient (Wildman–Crippen LogP) is 4.49.